The van der Waals surface area contributed by atoms with Gasteiger partial charge in [0.05, 0.1) is 12.6 Å². The van der Waals surface area contributed by atoms with Crippen molar-refractivity contribution in [2.45, 2.75) is 38.8 Å². The van der Waals surface area contributed by atoms with Crippen molar-refractivity contribution < 1.29 is 4.84 Å². The first-order chi connectivity index (χ1) is 12.3. The van der Waals surface area contributed by atoms with Crippen molar-refractivity contribution in [1.82, 2.24) is 5.06 Å². The van der Waals surface area contributed by atoms with Gasteiger partial charge < -0.3 is 0 Å². The van der Waals surface area contributed by atoms with Gasteiger partial charge in [-0.2, -0.15) is 5.06 Å². The minimum Gasteiger partial charge on any atom is -0.298 e. The molecule has 0 aliphatic heterocycles. The second-order valence-corrected chi connectivity index (χ2v) is 6.78. The lowest BCUT2D eigenvalue weighted by Crippen LogP contribution is -2.31. The average Bonchev–Trinajstić information content (AvgIpc) is 2.67. The van der Waals surface area contributed by atoms with Gasteiger partial charge in [0, 0.05) is 6.54 Å². The van der Waals surface area contributed by atoms with Gasteiger partial charge in [-0.25, -0.2) is 0 Å². The summed E-state index contributed by atoms with van der Waals surface area (Å²) in [5, 5.41) is 4.78. The number of fused-ring (bicyclic) bond motifs is 2. The molecule has 3 aromatic carbocycles. The molecule has 0 saturated carbocycles. The van der Waals surface area contributed by atoms with Crippen molar-refractivity contribution in [3.63, 3.8) is 0 Å². The Hall–Kier alpha value is -2.16. The second kappa shape index (κ2) is 7.38. The number of hydrogen-bond acceptors (Lipinski definition) is 2. The van der Waals surface area contributed by atoms with Gasteiger partial charge in [0.15, 0.2) is 0 Å². The molecular formula is C23H25NO. The van der Waals surface area contributed by atoms with E-state index in [-0.39, 0.29) is 0 Å². The van der Waals surface area contributed by atoms with E-state index >= 15 is 0 Å². The molecule has 0 radical (unpaired) electrons. The van der Waals surface area contributed by atoms with Crippen LogP contribution < -0.4 is 0 Å². The molecule has 3 aromatic rings. The fourth-order valence-corrected chi connectivity index (χ4v) is 3.96. The van der Waals surface area contributed by atoms with Gasteiger partial charge in [-0.05, 0) is 59.7 Å². The van der Waals surface area contributed by atoms with Crippen LogP contribution in [0.5, 0.6) is 0 Å². The van der Waals surface area contributed by atoms with E-state index in [1.165, 1.54) is 40.3 Å². The molecule has 0 amide bonds. The predicted molar refractivity (Wildman–Crippen MR) is 103 cm³/mol. The van der Waals surface area contributed by atoms with E-state index in [0.29, 0.717) is 12.6 Å². The highest BCUT2D eigenvalue weighted by atomic mass is 16.7. The molecule has 0 bridgehead atoms. The molecule has 0 heterocycles. The normalized spacial score (nSPS) is 17.0. The smallest absolute Gasteiger partial charge is 0.0657 e. The standard InChI is InChI=1S/C23H25NO/c1-2-25-24(23-13-7-11-20-9-5-6-12-22(20)23)17-18-14-15-19-8-3-4-10-21(19)16-18/h3-6,8-10,12,14-16,23H,2,7,11,13,17H2,1H3. The molecule has 25 heavy (non-hydrogen) atoms. The van der Waals surface area contributed by atoms with Crippen molar-refractivity contribution in [3.8, 4) is 0 Å². The SMILES string of the molecule is CCON(Cc1ccc2ccccc2c1)C1CCCc2ccccc21. The van der Waals surface area contributed by atoms with E-state index in [2.05, 4.69) is 78.7 Å². The first-order valence-electron chi connectivity index (χ1n) is 9.30. The van der Waals surface area contributed by atoms with Crippen LogP contribution in [-0.4, -0.2) is 11.7 Å². The molecular weight excluding hydrogens is 306 g/mol. The zero-order valence-electron chi connectivity index (χ0n) is 14.8. The highest BCUT2D eigenvalue weighted by molar-refractivity contribution is 5.82. The third-order valence-electron chi connectivity index (χ3n) is 5.13. The van der Waals surface area contributed by atoms with Crippen molar-refractivity contribution >= 4 is 10.8 Å². The first-order valence-corrected chi connectivity index (χ1v) is 9.30. The number of benzene rings is 3. The molecule has 0 saturated heterocycles. The first kappa shape index (κ1) is 16.3. The summed E-state index contributed by atoms with van der Waals surface area (Å²) in [6.45, 7) is 3.59. The summed E-state index contributed by atoms with van der Waals surface area (Å²) in [5.41, 5.74) is 4.21. The van der Waals surface area contributed by atoms with Crippen molar-refractivity contribution in [2.75, 3.05) is 6.61 Å². The summed E-state index contributed by atoms with van der Waals surface area (Å²) in [5.74, 6) is 0. The van der Waals surface area contributed by atoms with Crippen LogP contribution in [0, 0.1) is 0 Å². The van der Waals surface area contributed by atoms with E-state index in [1.807, 2.05) is 0 Å². The Morgan fingerprint density at radius 1 is 0.960 bits per heavy atom. The molecule has 1 aliphatic rings. The van der Waals surface area contributed by atoms with Gasteiger partial charge in [-0.1, -0.05) is 60.7 Å². The van der Waals surface area contributed by atoms with Gasteiger partial charge in [-0.15, -0.1) is 0 Å². The minimum atomic E-state index is 0.344. The topological polar surface area (TPSA) is 12.5 Å². The summed E-state index contributed by atoms with van der Waals surface area (Å²) in [7, 11) is 0. The van der Waals surface area contributed by atoms with Gasteiger partial charge in [0.1, 0.15) is 0 Å². The molecule has 2 nitrogen and oxygen atoms in total. The molecule has 128 valence electrons. The van der Waals surface area contributed by atoms with E-state index in [9.17, 15) is 0 Å². The molecule has 0 N–H and O–H groups in total. The van der Waals surface area contributed by atoms with Crippen LogP contribution in [-0.2, 0) is 17.8 Å². The third-order valence-corrected chi connectivity index (χ3v) is 5.13. The quantitative estimate of drug-likeness (QED) is 0.558. The van der Waals surface area contributed by atoms with Crippen LogP contribution in [0.2, 0.25) is 0 Å². The van der Waals surface area contributed by atoms with Gasteiger partial charge in [-0.3, -0.25) is 4.84 Å². The number of rotatable bonds is 5. The van der Waals surface area contributed by atoms with Gasteiger partial charge in [0.2, 0.25) is 0 Å². The van der Waals surface area contributed by atoms with Crippen molar-refractivity contribution in [2.24, 2.45) is 0 Å². The molecule has 1 atom stereocenters. The molecule has 0 aromatic heterocycles. The van der Waals surface area contributed by atoms with Crippen LogP contribution in [0.3, 0.4) is 0 Å². The van der Waals surface area contributed by atoms with E-state index in [4.69, 9.17) is 4.84 Å². The molecule has 2 heteroatoms. The fraction of sp³-hybridized carbons (Fsp3) is 0.304. The Morgan fingerprint density at radius 2 is 1.76 bits per heavy atom. The average molecular weight is 331 g/mol. The maximum absolute atomic E-state index is 6.09. The van der Waals surface area contributed by atoms with Crippen LogP contribution >= 0.6 is 0 Å². The summed E-state index contributed by atoms with van der Waals surface area (Å²) in [6.07, 6.45) is 3.57. The monoisotopic (exact) mass is 331 g/mol. The Kier molecular flexibility index (Phi) is 4.82. The highest BCUT2D eigenvalue weighted by Crippen LogP contribution is 2.35. The van der Waals surface area contributed by atoms with Crippen LogP contribution in [0.25, 0.3) is 10.8 Å². The number of hydrogen-bond donors (Lipinski definition) is 0. The van der Waals surface area contributed by atoms with Crippen LogP contribution in [0.4, 0.5) is 0 Å². The summed E-state index contributed by atoms with van der Waals surface area (Å²) in [6, 6.07) is 24.4. The number of aryl methyl sites for hydroxylation is 1. The molecule has 0 spiro atoms. The number of hydroxylamine groups is 2. The summed E-state index contributed by atoms with van der Waals surface area (Å²) >= 11 is 0. The number of nitrogens with zero attached hydrogens (tertiary/aromatic N) is 1. The summed E-state index contributed by atoms with van der Waals surface area (Å²) < 4.78 is 0. The van der Waals surface area contributed by atoms with Crippen molar-refractivity contribution in [1.29, 1.82) is 0 Å². The summed E-state index contributed by atoms with van der Waals surface area (Å²) in [4.78, 5) is 6.09. The molecule has 1 unspecified atom stereocenters. The van der Waals surface area contributed by atoms with Crippen LogP contribution in [0.15, 0.2) is 66.7 Å². The van der Waals surface area contributed by atoms with Crippen LogP contribution in [0.1, 0.15) is 42.5 Å². The Bertz CT molecular complexity index is 857. The largest absolute Gasteiger partial charge is 0.298 e. The van der Waals surface area contributed by atoms with E-state index in [0.717, 1.165) is 13.0 Å². The Labute approximate surface area is 150 Å². The second-order valence-electron chi connectivity index (χ2n) is 6.78. The zero-order chi connectivity index (χ0) is 17.1. The molecule has 4 rings (SSSR count). The maximum Gasteiger partial charge on any atom is 0.0657 e. The lowest BCUT2D eigenvalue weighted by Gasteiger charge is -2.35. The Morgan fingerprint density at radius 3 is 2.64 bits per heavy atom. The van der Waals surface area contributed by atoms with Gasteiger partial charge in [0.25, 0.3) is 0 Å². The van der Waals surface area contributed by atoms with E-state index < -0.39 is 0 Å². The minimum absolute atomic E-state index is 0.344. The Balaban J connectivity index is 1.63. The third kappa shape index (κ3) is 3.46. The van der Waals surface area contributed by atoms with Gasteiger partial charge >= 0.3 is 0 Å². The molecule has 0 fully saturated rings. The lowest BCUT2D eigenvalue weighted by atomic mass is 9.87. The maximum atomic E-state index is 6.09. The fourth-order valence-electron chi connectivity index (χ4n) is 3.96. The zero-order valence-corrected chi connectivity index (χ0v) is 14.8. The lowest BCUT2D eigenvalue weighted by molar-refractivity contribution is -0.195. The van der Waals surface area contributed by atoms with Crippen molar-refractivity contribution in [3.05, 3.63) is 83.4 Å². The predicted octanol–water partition coefficient (Wildman–Crippen LogP) is 5.67. The molecule has 1 aliphatic carbocycles. The van der Waals surface area contributed by atoms with E-state index in [1.54, 1.807) is 0 Å². The highest BCUT2D eigenvalue weighted by Gasteiger charge is 2.26.